The fraction of sp³-hybridized carbons (Fsp3) is 0.677. The van der Waals surface area contributed by atoms with E-state index in [2.05, 4.69) is 15.6 Å². The number of nitrogens with one attached hydrogen (secondary N) is 1. The number of pyridine rings is 1. The maximum absolute atomic E-state index is 14.5. The molecule has 42 heavy (non-hydrogen) atoms. The number of oxime groups is 1. The zero-order valence-corrected chi connectivity index (χ0v) is 24.6. The molecule has 2 aromatic rings. The molecule has 11 nitrogen and oxygen atoms in total. The summed E-state index contributed by atoms with van der Waals surface area (Å²) in [7, 11) is 0. The Hall–Kier alpha value is -3.50. The van der Waals surface area contributed by atoms with E-state index in [9.17, 15) is 14.4 Å². The SMILES string of the molecule is CCn1ncc2c(NC3CCC(=O)CC3)c(C3=NOC(C(N)=O)(C(=O)N(C4CCCCC4)C4CCCCC4)C3)cnc21. The molecule has 1 atom stereocenters. The van der Waals surface area contributed by atoms with Crippen LogP contribution in [0.25, 0.3) is 11.0 Å². The second-order valence-corrected chi connectivity index (χ2v) is 12.5. The summed E-state index contributed by atoms with van der Waals surface area (Å²) >= 11 is 0. The maximum atomic E-state index is 14.5. The summed E-state index contributed by atoms with van der Waals surface area (Å²) in [4.78, 5) is 52.2. The molecule has 0 radical (unpaired) electrons. The maximum Gasteiger partial charge on any atom is 0.297 e. The van der Waals surface area contributed by atoms with Crippen LogP contribution < -0.4 is 11.1 Å². The summed E-state index contributed by atoms with van der Waals surface area (Å²) in [6.07, 6.45) is 16.4. The van der Waals surface area contributed by atoms with Gasteiger partial charge in [-0.25, -0.2) is 9.67 Å². The third-order valence-corrected chi connectivity index (χ3v) is 9.81. The molecule has 3 fully saturated rings. The third kappa shape index (κ3) is 5.26. The van der Waals surface area contributed by atoms with Crippen LogP contribution in [-0.4, -0.2) is 66.7 Å². The third-order valence-electron chi connectivity index (χ3n) is 9.81. The first-order chi connectivity index (χ1) is 20.4. The first-order valence-corrected chi connectivity index (χ1v) is 15.9. The Balaban J connectivity index is 1.34. The van der Waals surface area contributed by atoms with Gasteiger partial charge < -0.3 is 20.8 Å². The quantitative estimate of drug-likeness (QED) is 0.447. The Morgan fingerprint density at radius 3 is 2.26 bits per heavy atom. The van der Waals surface area contributed by atoms with Crippen molar-refractivity contribution in [2.24, 2.45) is 10.9 Å². The number of aromatic nitrogens is 3. The summed E-state index contributed by atoms with van der Waals surface area (Å²) in [6.45, 7) is 2.67. The molecule has 0 spiro atoms. The molecule has 3 N–H and O–H groups in total. The van der Waals surface area contributed by atoms with Crippen molar-refractivity contribution in [2.45, 2.75) is 134 Å². The van der Waals surface area contributed by atoms with Crippen molar-refractivity contribution in [1.82, 2.24) is 19.7 Å². The smallest absolute Gasteiger partial charge is 0.297 e. The number of carbonyl (C=O) groups is 3. The van der Waals surface area contributed by atoms with Crippen molar-refractivity contribution >= 4 is 40.0 Å². The van der Waals surface area contributed by atoms with Crippen LogP contribution in [0.2, 0.25) is 0 Å². The van der Waals surface area contributed by atoms with Gasteiger partial charge in [0.05, 0.1) is 29.4 Å². The second-order valence-electron chi connectivity index (χ2n) is 12.5. The molecule has 3 saturated carbocycles. The van der Waals surface area contributed by atoms with E-state index in [0.29, 0.717) is 30.7 Å². The monoisotopic (exact) mass is 577 g/mol. The first-order valence-electron chi connectivity index (χ1n) is 15.9. The van der Waals surface area contributed by atoms with Gasteiger partial charge in [0.25, 0.3) is 17.4 Å². The molecule has 0 bridgehead atoms. The van der Waals surface area contributed by atoms with Gasteiger partial charge in [0.15, 0.2) is 5.65 Å². The molecular weight excluding hydrogens is 534 g/mol. The summed E-state index contributed by atoms with van der Waals surface area (Å²) in [5.74, 6) is -0.873. The molecule has 11 heteroatoms. The zero-order chi connectivity index (χ0) is 29.3. The topological polar surface area (TPSA) is 145 Å². The van der Waals surface area contributed by atoms with Crippen LogP contribution in [0.4, 0.5) is 5.69 Å². The number of carbonyl (C=O) groups excluding carboxylic acids is 3. The lowest BCUT2D eigenvalue weighted by molar-refractivity contribution is -0.168. The molecule has 1 unspecified atom stereocenters. The number of ketones is 1. The lowest BCUT2D eigenvalue weighted by atomic mass is 9.85. The average molecular weight is 578 g/mol. The zero-order valence-electron chi connectivity index (χ0n) is 24.6. The molecule has 4 aliphatic rings. The van der Waals surface area contributed by atoms with Gasteiger partial charge >= 0.3 is 0 Å². The van der Waals surface area contributed by atoms with E-state index in [4.69, 9.17) is 15.6 Å². The predicted octanol–water partition coefficient (Wildman–Crippen LogP) is 4.22. The van der Waals surface area contributed by atoms with Gasteiger partial charge in [0.1, 0.15) is 5.78 Å². The minimum Gasteiger partial charge on any atom is -0.381 e. The molecule has 1 aliphatic heterocycles. The summed E-state index contributed by atoms with van der Waals surface area (Å²) in [5.41, 5.74) is 6.77. The predicted molar refractivity (Wildman–Crippen MR) is 159 cm³/mol. The lowest BCUT2D eigenvalue weighted by Gasteiger charge is -2.44. The number of Topliss-reactive ketones (excluding diaryl/α,β-unsaturated/α-hetero) is 1. The van der Waals surface area contributed by atoms with Crippen LogP contribution in [0.5, 0.6) is 0 Å². The van der Waals surface area contributed by atoms with E-state index >= 15 is 0 Å². The van der Waals surface area contributed by atoms with Crippen LogP contribution in [-0.2, 0) is 25.8 Å². The van der Waals surface area contributed by atoms with E-state index in [1.54, 1.807) is 12.4 Å². The van der Waals surface area contributed by atoms with Crippen LogP contribution in [0.3, 0.4) is 0 Å². The number of nitrogens with two attached hydrogens (primary N) is 1. The van der Waals surface area contributed by atoms with Crippen molar-refractivity contribution in [3.63, 3.8) is 0 Å². The van der Waals surface area contributed by atoms with Gasteiger partial charge in [-0.1, -0.05) is 43.7 Å². The fourth-order valence-electron chi connectivity index (χ4n) is 7.41. The largest absolute Gasteiger partial charge is 0.381 e. The molecular formula is C31H43N7O4. The van der Waals surface area contributed by atoms with E-state index in [-0.39, 0.29) is 36.2 Å². The number of anilines is 1. The van der Waals surface area contributed by atoms with Gasteiger partial charge in [-0.2, -0.15) is 5.10 Å². The van der Waals surface area contributed by atoms with Gasteiger partial charge in [-0.05, 0) is 45.4 Å². The average Bonchev–Trinajstić information content (AvgIpc) is 3.66. The minimum atomic E-state index is -1.89. The Kier molecular flexibility index (Phi) is 8.18. The molecule has 2 aromatic heterocycles. The number of amides is 2. The van der Waals surface area contributed by atoms with Crippen LogP contribution in [0, 0.1) is 0 Å². The minimum absolute atomic E-state index is 0.0515. The van der Waals surface area contributed by atoms with Gasteiger partial charge in [-0.15, -0.1) is 0 Å². The van der Waals surface area contributed by atoms with E-state index in [1.165, 1.54) is 12.8 Å². The Bertz CT molecular complexity index is 1350. The molecule has 0 aromatic carbocycles. The number of fused-ring (bicyclic) bond motifs is 1. The van der Waals surface area contributed by atoms with E-state index < -0.39 is 11.5 Å². The fourth-order valence-corrected chi connectivity index (χ4v) is 7.41. The number of rotatable bonds is 8. The molecule has 3 heterocycles. The van der Waals surface area contributed by atoms with Crippen molar-refractivity contribution in [3.05, 3.63) is 18.0 Å². The molecule has 2 amide bonds. The Morgan fingerprint density at radius 1 is 1.02 bits per heavy atom. The Morgan fingerprint density at radius 2 is 1.67 bits per heavy atom. The molecule has 3 aliphatic carbocycles. The highest BCUT2D eigenvalue weighted by atomic mass is 16.7. The Labute approximate surface area is 246 Å². The highest BCUT2D eigenvalue weighted by Gasteiger charge is 2.56. The number of aryl methyl sites for hydroxylation is 1. The summed E-state index contributed by atoms with van der Waals surface area (Å²) in [6, 6.07) is 0.264. The number of hydrogen-bond acceptors (Lipinski definition) is 8. The van der Waals surface area contributed by atoms with Crippen molar-refractivity contribution < 1.29 is 19.2 Å². The van der Waals surface area contributed by atoms with Gasteiger partial charge in [0, 0.05) is 49.3 Å². The highest BCUT2D eigenvalue weighted by Crippen LogP contribution is 2.38. The highest BCUT2D eigenvalue weighted by molar-refractivity contribution is 6.18. The van der Waals surface area contributed by atoms with E-state index in [1.807, 2.05) is 16.5 Å². The lowest BCUT2D eigenvalue weighted by Crippen LogP contribution is -2.62. The molecule has 6 rings (SSSR count). The van der Waals surface area contributed by atoms with Crippen LogP contribution >= 0.6 is 0 Å². The van der Waals surface area contributed by atoms with Gasteiger partial charge in [0.2, 0.25) is 0 Å². The first kappa shape index (κ1) is 28.6. The van der Waals surface area contributed by atoms with Crippen molar-refractivity contribution in [2.75, 3.05) is 5.32 Å². The standard InChI is InChI=1S/C31H43N7O4/c1-2-37-28-25(19-34-37)27(35-20-13-15-23(39)16-14-20)24(18-33-28)26-17-31(29(32)40,42-36-26)30(41)38(21-9-5-3-6-10-21)22-11-7-4-8-12-22/h18-22H,2-17H2,1H3,(H2,32,40)(H,33,35). The second kappa shape index (κ2) is 12.0. The molecule has 226 valence electrons. The van der Waals surface area contributed by atoms with Crippen LogP contribution in [0.15, 0.2) is 17.5 Å². The summed E-state index contributed by atoms with van der Waals surface area (Å²) < 4.78 is 1.82. The van der Waals surface area contributed by atoms with Crippen molar-refractivity contribution in [3.8, 4) is 0 Å². The van der Waals surface area contributed by atoms with E-state index in [0.717, 1.165) is 80.9 Å². The number of hydrogen-bond donors (Lipinski definition) is 2. The van der Waals surface area contributed by atoms with Gasteiger partial charge in [-0.3, -0.25) is 14.4 Å². The number of nitrogens with zero attached hydrogens (tertiary/aromatic N) is 5. The molecule has 0 saturated heterocycles. The normalized spacial score (nSPS) is 24.4. The van der Waals surface area contributed by atoms with Crippen LogP contribution in [0.1, 0.15) is 109 Å². The van der Waals surface area contributed by atoms with Crippen molar-refractivity contribution in [1.29, 1.82) is 0 Å². The summed E-state index contributed by atoms with van der Waals surface area (Å²) in [5, 5.41) is 13.4. The number of primary amides is 1.